The number of halogens is 2. The maximum absolute atomic E-state index is 13.5. The minimum atomic E-state index is -3.60. The van der Waals surface area contributed by atoms with Gasteiger partial charge in [-0.2, -0.15) is 0 Å². The molecule has 1 aliphatic rings. The van der Waals surface area contributed by atoms with E-state index in [9.17, 15) is 12.8 Å². The predicted octanol–water partition coefficient (Wildman–Crippen LogP) is 2.06. The van der Waals surface area contributed by atoms with Gasteiger partial charge < -0.3 is 5.32 Å². The lowest BCUT2D eigenvalue weighted by atomic mass is 10.1. The van der Waals surface area contributed by atoms with Gasteiger partial charge >= 0.3 is 0 Å². The normalized spacial score (nSPS) is 15.3. The van der Waals surface area contributed by atoms with Crippen LogP contribution in [0.3, 0.4) is 0 Å². The SMILES string of the molecule is Cc1cc(S(=O)(=O)NCC2=CCNCC2)cc(C)c1F.Cl. The van der Waals surface area contributed by atoms with Crippen molar-refractivity contribution < 1.29 is 12.8 Å². The molecule has 0 radical (unpaired) electrons. The van der Waals surface area contributed by atoms with Crippen molar-refractivity contribution in [2.24, 2.45) is 0 Å². The summed E-state index contributed by atoms with van der Waals surface area (Å²) in [7, 11) is -3.60. The van der Waals surface area contributed by atoms with Crippen LogP contribution in [0.2, 0.25) is 0 Å². The van der Waals surface area contributed by atoms with Crippen molar-refractivity contribution in [3.63, 3.8) is 0 Å². The number of hydrogen-bond donors (Lipinski definition) is 2. The molecule has 0 atom stereocenters. The fourth-order valence-electron chi connectivity index (χ4n) is 2.16. The van der Waals surface area contributed by atoms with Crippen LogP contribution in [0.4, 0.5) is 4.39 Å². The highest BCUT2D eigenvalue weighted by atomic mass is 35.5. The van der Waals surface area contributed by atoms with Crippen LogP contribution in [0, 0.1) is 19.7 Å². The second kappa shape index (κ2) is 7.35. The third-order valence-corrected chi connectivity index (χ3v) is 4.75. The Morgan fingerprint density at radius 1 is 1.29 bits per heavy atom. The molecule has 0 unspecified atom stereocenters. The van der Waals surface area contributed by atoms with Crippen LogP contribution in [0.1, 0.15) is 17.5 Å². The summed E-state index contributed by atoms with van der Waals surface area (Å²) >= 11 is 0. The fraction of sp³-hybridized carbons (Fsp3) is 0.429. The summed E-state index contributed by atoms with van der Waals surface area (Å²) in [6.45, 7) is 5.07. The van der Waals surface area contributed by atoms with Crippen LogP contribution in [-0.4, -0.2) is 28.1 Å². The quantitative estimate of drug-likeness (QED) is 0.829. The third kappa shape index (κ3) is 4.51. The Morgan fingerprint density at radius 2 is 1.90 bits per heavy atom. The van der Waals surface area contributed by atoms with Crippen LogP contribution in [-0.2, 0) is 10.0 Å². The molecular weight excluding hydrogens is 315 g/mol. The minimum absolute atomic E-state index is 0. The molecule has 4 nitrogen and oxygen atoms in total. The first-order valence-electron chi connectivity index (χ1n) is 6.55. The average molecular weight is 335 g/mol. The van der Waals surface area contributed by atoms with Gasteiger partial charge in [0.2, 0.25) is 10.0 Å². The lowest BCUT2D eigenvalue weighted by Crippen LogP contribution is -2.29. The van der Waals surface area contributed by atoms with E-state index in [1.54, 1.807) is 13.8 Å². The molecule has 2 rings (SSSR count). The molecule has 0 aliphatic carbocycles. The summed E-state index contributed by atoms with van der Waals surface area (Å²) in [5, 5.41) is 3.17. The number of benzene rings is 1. The summed E-state index contributed by atoms with van der Waals surface area (Å²) < 4.78 is 40.5. The molecule has 0 saturated carbocycles. The molecule has 1 aromatic carbocycles. The van der Waals surface area contributed by atoms with Gasteiger partial charge in [-0.15, -0.1) is 12.4 Å². The summed E-state index contributed by atoms with van der Waals surface area (Å²) in [6, 6.07) is 2.73. The van der Waals surface area contributed by atoms with Crippen molar-refractivity contribution in [1.82, 2.24) is 10.0 Å². The first-order chi connectivity index (χ1) is 9.40. The number of hydrogen-bond acceptors (Lipinski definition) is 3. The molecule has 2 N–H and O–H groups in total. The molecule has 0 bridgehead atoms. The zero-order valence-electron chi connectivity index (χ0n) is 12.1. The van der Waals surface area contributed by atoms with Gasteiger partial charge in [-0.3, -0.25) is 0 Å². The van der Waals surface area contributed by atoms with E-state index in [-0.39, 0.29) is 23.1 Å². The molecular formula is C14H20ClFN2O2S. The fourth-order valence-corrected chi connectivity index (χ4v) is 3.37. The van der Waals surface area contributed by atoms with E-state index >= 15 is 0 Å². The lowest BCUT2D eigenvalue weighted by molar-refractivity contribution is 0.579. The molecule has 118 valence electrons. The van der Waals surface area contributed by atoms with E-state index in [0.717, 1.165) is 25.1 Å². The summed E-state index contributed by atoms with van der Waals surface area (Å²) in [6.07, 6.45) is 2.83. The van der Waals surface area contributed by atoms with E-state index in [1.807, 2.05) is 6.08 Å². The van der Waals surface area contributed by atoms with Crippen molar-refractivity contribution in [3.05, 3.63) is 40.7 Å². The monoisotopic (exact) mass is 334 g/mol. The molecule has 21 heavy (non-hydrogen) atoms. The Balaban J connectivity index is 0.00000220. The van der Waals surface area contributed by atoms with Gasteiger partial charge in [0.25, 0.3) is 0 Å². The zero-order valence-corrected chi connectivity index (χ0v) is 13.7. The molecule has 0 amide bonds. The van der Waals surface area contributed by atoms with Gasteiger partial charge in [-0.1, -0.05) is 11.6 Å². The van der Waals surface area contributed by atoms with Crippen molar-refractivity contribution in [1.29, 1.82) is 0 Å². The first kappa shape index (κ1) is 18.1. The molecule has 7 heteroatoms. The highest BCUT2D eigenvalue weighted by Gasteiger charge is 2.17. The maximum atomic E-state index is 13.5. The van der Waals surface area contributed by atoms with E-state index in [2.05, 4.69) is 10.0 Å². The smallest absolute Gasteiger partial charge is 0.240 e. The topological polar surface area (TPSA) is 58.2 Å². The van der Waals surface area contributed by atoms with Crippen LogP contribution >= 0.6 is 12.4 Å². The lowest BCUT2D eigenvalue weighted by Gasteiger charge is -2.15. The number of aryl methyl sites for hydroxylation is 2. The van der Waals surface area contributed by atoms with E-state index < -0.39 is 10.0 Å². The maximum Gasteiger partial charge on any atom is 0.240 e. The Bertz CT molecular complexity index is 621. The van der Waals surface area contributed by atoms with Crippen LogP contribution in [0.25, 0.3) is 0 Å². The predicted molar refractivity (Wildman–Crippen MR) is 83.9 cm³/mol. The Morgan fingerprint density at radius 3 is 2.43 bits per heavy atom. The van der Waals surface area contributed by atoms with Gasteiger partial charge in [-0.25, -0.2) is 17.5 Å². The molecule has 0 aromatic heterocycles. The van der Waals surface area contributed by atoms with Crippen molar-refractivity contribution in [2.75, 3.05) is 19.6 Å². The van der Waals surface area contributed by atoms with Gasteiger partial charge in [0.15, 0.2) is 0 Å². The average Bonchev–Trinajstić information content (AvgIpc) is 2.43. The second-order valence-electron chi connectivity index (χ2n) is 5.01. The first-order valence-corrected chi connectivity index (χ1v) is 8.03. The van der Waals surface area contributed by atoms with Crippen molar-refractivity contribution in [3.8, 4) is 0 Å². The largest absolute Gasteiger partial charge is 0.313 e. The molecule has 0 saturated heterocycles. The van der Waals surface area contributed by atoms with Gasteiger partial charge in [0.05, 0.1) is 4.90 Å². The second-order valence-corrected chi connectivity index (χ2v) is 6.78. The van der Waals surface area contributed by atoms with Gasteiger partial charge in [0.1, 0.15) is 5.82 Å². The van der Waals surface area contributed by atoms with E-state index in [4.69, 9.17) is 0 Å². The molecule has 1 aliphatic heterocycles. The Kier molecular flexibility index (Phi) is 6.34. The summed E-state index contributed by atoms with van der Waals surface area (Å²) in [5.74, 6) is -0.356. The van der Waals surface area contributed by atoms with Gasteiger partial charge in [0, 0.05) is 13.1 Å². The van der Waals surface area contributed by atoms with Crippen molar-refractivity contribution in [2.45, 2.75) is 25.2 Å². The molecule has 1 heterocycles. The van der Waals surface area contributed by atoms with Crippen LogP contribution in [0.5, 0.6) is 0 Å². The number of sulfonamides is 1. The number of rotatable bonds is 4. The molecule has 0 spiro atoms. The number of nitrogens with one attached hydrogen (secondary N) is 2. The highest BCUT2D eigenvalue weighted by Crippen LogP contribution is 2.18. The third-order valence-electron chi connectivity index (χ3n) is 3.37. The Labute approximate surface area is 131 Å². The summed E-state index contributed by atoms with van der Waals surface area (Å²) in [4.78, 5) is 0.114. The molecule has 1 aromatic rings. The highest BCUT2D eigenvalue weighted by molar-refractivity contribution is 7.89. The molecule has 0 fully saturated rings. The zero-order chi connectivity index (χ0) is 14.8. The van der Waals surface area contributed by atoms with Crippen molar-refractivity contribution >= 4 is 22.4 Å². The Hall–Kier alpha value is -0.950. The van der Waals surface area contributed by atoms with Gasteiger partial charge in [-0.05, 0) is 50.1 Å². The van der Waals surface area contributed by atoms with Crippen LogP contribution in [0.15, 0.2) is 28.7 Å². The van der Waals surface area contributed by atoms with E-state index in [1.165, 1.54) is 12.1 Å². The standard InChI is InChI=1S/C14H19FN2O2S.ClH/c1-10-7-13(8-11(2)14(10)15)20(18,19)17-9-12-3-5-16-6-4-12;/h3,7-8,16-17H,4-6,9H2,1-2H3;1H. The van der Waals surface area contributed by atoms with E-state index in [0.29, 0.717) is 17.7 Å². The summed E-state index contributed by atoms with van der Waals surface area (Å²) in [5.41, 5.74) is 1.75. The van der Waals surface area contributed by atoms with Crippen LogP contribution < -0.4 is 10.0 Å². The minimum Gasteiger partial charge on any atom is -0.313 e.